The molecule has 0 amide bonds. The predicted molar refractivity (Wildman–Crippen MR) is 48.2 cm³/mol. The van der Waals surface area contributed by atoms with E-state index in [9.17, 15) is 9.59 Å². The maximum absolute atomic E-state index is 11.3. The summed E-state index contributed by atoms with van der Waals surface area (Å²) >= 11 is 0. The third-order valence-electron chi connectivity index (χ3n) is 1.92. The Morgan fingerprint density at radius 2 is 2.13 bits per heavy atom. The van der Waals surface area contributed by atoms with Crippen LogP contribution in [0.1, 0.15) is 0 Å². The van der Waals surface area contributed by atoms with E-state index in [2.05, 4.69) is 9.47 Å². The Morgan fingerprint density at radius 3 is 2.53 bits per heavy atom. The molecule has 0 aromatic heterocycles. The number of rotatable bonds is 3. The number of methoxy groups -OCH3 is 2. The molecule has 1 aliphatic heterocycles. The summed E-state index contributed by atoms with van der Waals surface area (Å²) in [5, 5.41) is 8.58. The third kappa shape index (κ3) is 2.47. The van der Waals surface area contributed by atoms with Gasteiger partial charge in [-0.3, -0.25) is 0 Å². The highest BCUT2D eigenvalue weighted by atomic mass is 16.5. The van der Waals surface area contributed by atoms with Crippen LogP contribution in [-0.4, -0.2) is 43.6 Å². The molecular formula is C9H10N2O4. The highest BCUT2D eigenvalue weighted by molar-refractivity contribution is 5.96. The number of hydrogen-bond donors (Lipinski definition) is 0. The highest BCUT2D eigenvalue weighted by Crippen LogP contribution is 2.24. The first-order valence-electron chi connectivity index (χ1n) is 4.18. The third-order valence-corrected chi connectivity index (χ3v) is 1.92. The fourth-order valence-electron chi connectivity index (χ4n) is 1.05. The molecule has 1 saturated heterocycles. The highest BCUT2D eigenvalue weighted by Gasteiger charge is 2.39. The molecule has 1 aliphatic rings. The first kappa shape index (κ1) is 11.0. The normalized spacial score (nSPS) is 19.1. The lowest BCUT2D eigenvalue weighted by atomic mass is 10.4. The SMILES string of the molecule is COC(=O)/C=C(/C(=O)OC)N1CC1C#N. The van der Waals surface area contributed by atoms with Gasteiger partial charge < -0.3 is 14.4 Å². The quantitative estimate of drug-likeness (QED) is 0.352. The van der Waals surface area contributed by atoms with E-state index in [0.717, 1.165) is 6.08 Å². The molecule has 0 aliphatic carbocycles. The zero-order valence-electron chi connectivity index (χ0n) is 8.39. The fourth-order valence-corrected chi connectivity index (χ4v) is 1.05. The molecule has 1 unspecified atom stereocenters. The summed E-state index contributed by atoms with van der Waals surface area (Å²) in [6.45, 7) is 0.425. The number of ether oxygens (including phenoxy) is 2. The standard InChI is InChI=1S/C9H10N2O4/c1-14-8(12)3-7(9(13)15-2)11-5-6(11)4-10/h3,6H,5H2,1-2H3/b7-3-. The Bertz CT molecular complexity index is 356. The van der Waals surface area contributed by atoms with Crippen molar-refractivity contribution < 1.29 is 19.1 Å². The number of carbonyl (C=O) groups excluding carboxylic acids is 2. The van der Waals surface area contributed by atoms with Crippen molar-refractivity contribution in [2.75, 3.05) is 20.8 Å². The lowest BCUT2D eigenvalue weighted by Crippen LogP contribution is -2.16. The Kier molecular flexibility index (Phi) is 3.29. The number of carbonyl (C=O) groups is 2. The maximum atomic E-state index is 11.3. The zero-order chi connectivity index (χ0) is 11.4. The van der Waals surface area contributed by atoms with Gasteiger partial charge in [0.05, 0.1) is 32.9 Å². The molecule has 1 atom stereocenters. The van der Waals surface area contributed by atoms with Crippen molar-refractivity contribution in [3.8, 4) is 6.07 Å². The van der Waals surface area contributed by atoms with E-state index in [1.807, 2.05) is 6.07 Å². The summed E-state index contributed by atoms with van der Waals surface area (Å²) < 4.78 is 8.88. The Morgan fingerprint density at radius 1 is 1.47 bits per heavy atom. The van der Waals surface area contributed by atoms with Gasteiger partial charge in [-0.05, 0) is 0 Å². The molecule has 1 rings (SSSR count). The zero-order valence-corrected chi connectivity index (χ0v) is 8.39. The van der Waals surface area contributed by atoms with Crippen molar-refractivity contribution in [1.82, 2.24) is 4.90 Å². The molecule has 0 saturated carbocycles. The molecule has 1 fully saturated rings. The molecule has 0 aromatic rings. The monoisotopic (exact) mass is 210 g/mol. The van der Waals surface area contributed by atoms with E-state index >= 15 is 0 Å². The van der Waals surface area contributed by atoms with Crippen LogP contribution in [0.4, 0.5) is 0 Å². The van der Waals surface area contributed by atoms with Crippen LogP contribution in [0, 0.1) is 11.3 Å². The summed E-state index contributed by atoms with van der Waals surface area (Å²) in [6, 6.07) is 1.60. The van der Waals surface area contributed by atoms with Gasteiger partial charge in [-0.2, -0.15) is 5.26 Å². The molecular weight excluding hydrogens is 200 g/mol. The lowest BCUT2D eigenvalue weighted by Gasteiger charge is -2.05. The fraction of sp³-hybridized carbons (Fsp3) is 0.444. The molecule has 6 heteroatoms. The van der Waals surface area contributed by atoms with Gasteiger partial charge in [-0.1, -0.05) is 0 Å². The van der Waals surface area contributed by atoms with Gasteiger partial charge in [-0.15, -0.1) is 0 Å². The van der Waals surface area contributed by atoms with Crippen LogP contribution in [0.25, 0.3) is 0 Å². The topological polar surface area (TPSA) is 79.4 Å². The van der Waals surface area contributed by atoms with Gasteiger partial charge >= 0.3 is 11.9 Å². The second-order valence-corrected chi connectivity index (χ2v) is 2.84. The maximum Gasteiger partial charge on any atom is 0.354 e. The van der Waals surface area contributed by atoms with E-state index in [0.29, 0.717) is 6.54 Å². The molecule has 6 nitrogen and oxygen atoms in total. The van der Waals surface area contributed by atoms with Crippen molar-refractivity contribution in [3.05, 3.63) is 11.8 Å². The van der Waals surface area contributed by atoms with E-state index in [1.165, 1.54) is 19.1 Å². The summed E-state index contributed by atoms with van der Waals surface area (Å²) in [5.41, 5.74) is 0.0518. The van der Waals surface area contributed by atoms with Crippen molar-refractivity contribution in [3.63, 3.8) is 0 Å². The lowest BCUT2D eigenvalue weighted by molar-refractivity contribution is -0.139. The number of esters is 2. The Hall–Kier alpha value is -2.03. The van der Waals surface area contributed by atoms with Crippen LogP contribution in [0.2, 0.25) is 0 Å². The second-order valence-electron chi connectivity index (χ2n) is 2.84. The van der Waals surface area contributed by atoms with E-state index in [1.54, 1.807) is 0 Å². The minimum absolute atomic E-state index is 0.0518. The van der Waals surface area contributed by atoms with E-state index in [4.69, 9.17) is 5.26 Å². The number of nitriles is 1. The minimum Gasteiger partial charge on any atom is -0.466 e. The molecule has 0 aromatic carbocycles. The molecule has 0 radical (unpaired) electrons. The second kappa shape index (κ2) is 4.46. The van der Waals surface area contributed by atoms with Gasteiger partial charge in [-0.25, -0.2) is 9.59 Å². The van der Waals surface area contributed by atoms with Crippen LogP contribution in [0.15, 0.2) is 11.8 Å². The van der Waals surface area contributed by atoms with E-state index in [-0.39, 0.29) is 11.7 Å². The number of nitrogens with zero attached hydrogens (tertiary/aromatic N) is 2. The molecule has 0 spiro atoms. The van der Waals surface area contributed by atoms with Crippen molar-refractivity contribution in [2.45, 2.75) is 6.04 Å². The van der Waals surface area contributed by atoms with Gasteiger partial charge in [0.2, 0.25) is 0 Å². The van der Waals surface area contributed by atoms with Gasteiger partial charge in [0.15, 0.2) is 0 Å². The first-order valence-corrected chi connectivity index (χ1v) is 4.18. The predicted octanol–water partition coefficient (Wildman–Crippen LogP) is -0.576. The van der Waals surface area contributed by atoms with Crippen LogP contribution in [0.5, 0.6) is 0 Å². The Labute approximate surface area is 86.7 Å². The summed E-state index contributed by atoms with van der Waals surface area (Å²) in [6.07, 6.45) is 1.02. The van der Waals surface area contributed by atoms with E-state index < -0.39 is 11.9 Å². The van der Waals surface area contributed by atoms with Gasteiger partial charge in [0.25, 0.3) is 0 Å². The van der Waals surface area contributed by atoms with Gasteiger partial charge in [0.1, 0.15) is 11.7 Å². The molecule has 0 bridgehead atoms. The van der Waals surface area contributed by atoms with Crippen molar-refractivity contribution >= 4 is 11.9 Å². The minimum atomic E-state index is -0.654. The molecule has 1 heterocycles. The molecule has 15 heavy (non-hydrogen) atoms. The molecule has 80 valence electrons. The average Bonchev–Trinajstić information content (AvgIpc) is 3.03. The summed E-state index contributed by atoms with van der Waals surface area (Å²) in [5.74, 6) is -1.31. The average molecular weight is 210 g/mol. The molecule has 0 N–H and O–H groups in total. The smallest absolute Gasteiger partial charge is 0.354 e. The van der Waals surface area contributed by atoms with Crippen LogP contribution < -0.4 is 0 Å². The van der Waals surface area contributed by atoms with Crippen LogP contribution in [0.3, 0.4) is 0 Å². The van der Waals surface area contributed by atoms with Crippen LogP contribution >= 0.6 is 0 Å². The largest absolute Gasteiger partial charge is 0.466 e. The van der Waals surface area contributed by atoms with Crippen molar-refractivity contribution in [1.29, 1.82) is 5.26 Å². The number of hydrogen-bond acceptors (Lipinski definition) is 6. The summed E-state index contributed by atoms with van der Waals surface area (Å²) in [4.78, 5) is 23.7. The van der Waals surface area contributed by atoms with Crippen molar-refractivity contribution in [2.24, 2.45) is 0 Å². The first-order chi connectivity index (χ1) is 7.13. The Balaban J connectivity index is 2.81. The summed E-state index contributed by atoms with van der Waals surface area (Å²) in [7, 11) is 2.41. The van der Waals surface area contributed by atoms with Crippen LogP contribution in [-0.2, 0) is 19.1 Å². The van der Waals surface area contributed by atoms with Gasteiger partial charge in [0, 0.05) is 0 Å².